The lowest BCUT2D eigenvalue weighted by atomic mass is 10.1. The number of benzene rings is 3. The second kappa shape index (κ2) is 8.27. The maximum absolute atomic E-state index is 12.7. The minimum absolute atomic E-state index is 0.0976. The quantitative estimate of drug-likeness (QED) is 0.334. The zero-order valence-electron chi connectivity index (χ0n) is 16.9. The summed E-state index contributed by atoms with van der Waals surface area (Å²) in [5, 5.41) is 13.9. The lowest BCUT2D eigenvalue weighted by molar-refractivity contribution is -0.385. The summed E-state index contributed by atoms with van der Waals surface area (Å²) in [4.78, 5) is 27.8. The number of nitrogens with one attached hydrogen (secondary N) is 1. The molecule has 4 rings (SSSR count). The molecule has 0 aliphatic rings. The highest BCUT2D eigenvalue weighted by atomic mass is 16.6. The molecule has 0 bridgehead atoms. The molecule has 1 aromatic heterocycles. The van der Waals surface area contributed by atoms with Gasteiger partial charge in [0.25, 0.3) is 11.6 Å². The third kappa shape index (κ3) is 4.09. The highest BCUT2D eigenvalue weighted by Gasteiger charge is 2.18. The first-order chi connectivity index (χ1) is 15.0. The van der Waals surface area contributed by atoms with E-state index in [0.29, 0.717) is 34.8 Å². The zero-order valence-corrected chi connectivity index (χ0v) is 16.9. The van der Waals surface area contributed by atoms with Gasteiger partial charge in [0.1, 0.15) is 11.3 Å². The van der Waals surface area contributed by atoms with E-state index >= 15 is 0 Å². The molecule has 1 heterocycles. The van der Waals surface area contributed by atoms with Crippen LogP contribution < -0.4 is 10.1 Å². The fraction of sp³-hybridized carbons (Fsp3) is 0.130. The van der Waals surface area contributed by atoms with Crippen LogP contribution in [0.3, 0.4) is 0 Å². The van der Waals surface area contributed by atoms with E-state index in [-0.39, 0.29) is 11.3 Å². The fourth-order valence-electron chi connectivity index (χ4n) is 3.25. The van der Waals surface area contributed by atoms with Gasteiger partial charge in [0.05, 0.1) is 11.5 Å². The van der Waals surface area contributed by atoms with Gasteiger partial charge in [-0.2, -0.15) is 0 Å². The van der Waals surface area contributed by atoms with Crippen molar-refractivity contribution in [2.45, 2.75) is 13.8 Å². The molecule has 0 saturated heterocycles. The number of hydrogen-bond acceptors (Lipinski definition) is 6. The molecule has 156 valence electrons. The standard InChI is InChI=1S/C23H19N3O5/c1-3-30-17-10-7-15(8-11-17)23-25-19-13-16(9-12-21(19)31-23)24-22(27)18-5-4-6-20(14(18)2)26(28)29/h4-13H,3H2,1-2H3,(H,24,27). The average Bonchev–Trinajstić information content (AvgIpc) is 3.18. The molecule has 8 nitrogen and oxygen atoms in total. The molecule has 4 aromatic rings. The molecule has 1 N–H and O–H groups in total. The topological polar surface area (TPSA) is 108 Å². The number of nitrogens with zero attached hydrogens (tertiary/aromatic N) is 2. The molecular formula is C23H19N3O5. The molecule has 3 aromatic carbocycles. The second-order valence-corrected chi connectivity index (χ2v) is 6.82. The number of fused-ring (bicyclic) bond motifs is 1. The molecule has 0 atom stereocenters. The van der Waals surface area contributed by atoms with Crippen molar-refractivity contribution >= 4 is 28.4 Å². The maximum Gasteiger partial charge on any atom is 0.273 e. The van der Waals surface area contributed by atoms with E-state index in [1.165, 1.54) is 12.1 Å². The number of nitro benzene ring substituents is 1. The van der Waals surface area contributed by atoms with Gasteiger partial charge < -0.3 is 14.5 Å². The number of rotatable bonds is 6. The molecule has 0 radical (unpaired) electrons. The summed E-state index contributed by atoms with van der Waals surface area (Å²) in [5.74, 6) is 0.788. The summed E-state index contributed by atoms with van der Waals surface area (Å²) >= 11 is 0. The molecule has 1 amide bonds. The monoisotopic (exact) mass is 417 g/mol. The Kier molecular flexibility index (Phi) is 5.36. The van der Waals surface area contributed by atoms with Crippen LogP contribution in [0.2, 0.25) is 0 Å². The Labute approximate surface area is 177 Å². The van der Waals surface area contributed by atoms with Crippen LogP contribution in [0.4, 0.5) is 11.4 Å². The van der Waals surface area contributed by atoms with Crippen molar-refractivity contribution < 1.29 is 18.9 Å². The second-order valence-electron chi connectivity index (χ2n) is 6.82. The van der Waals surface area contributed by atoms with Crippen molar-refractivity contribution in [3.8, 4) is 17.2 Å². The Balaban J connectivity index is 1.58. The SMILES string of the molecule is CCOc1ccc(-c2nc3cc(NC(=O)c4cccc([N+](=O)[O-])c4C)ccc3o2)cc1. The van der Waals surface area contributed by atoms with Gasteiger partial charge in [-0.1, -0.05) is 6.07 Å². The number of nitro groups is 1. The predicted molar refractivity (Wildman–Crippen MR) is 116 cm³/mol. The van der Waals surface area contributed by atoms with Crippen molar-refractivity contribution in [2.24, 2.45) is 0 Å². The molecule has 0 fully saturated rings. The van der Waals surface area contributed by atoms with Gasteiger partial charge >= 0.3 is 0 Å². The number of anilines is 1. The minimum Gasteiger partial charge on any atom is -0.494 e. The Morgan fingerprint density at radius 3 is 2.65 bits per heavy atom. The number of aromatic nitrogens is 1. The number of carbonyl (C=O) groups excluding carboxylic acids is 1. The molecule has 0 spiro atoms. The Hall–Kier alpha value is -4.20. The summed E-state index contributed by atoms with van der Waals surface area (Å²) in [6, 6.07) is 16.9. The summed E-state index contributed by atoms with van der Waals surface area (Å²) < 4.78 is 11.3. The Morgan fingerprint density at radius 2 is 1.94 bits per heavy atom. The zero-order chi connectivity index (χ0) is 22.0. The number of hydrogen-bond donors (Lipinski definition) is 1. The lowest BCUT2D eigenvalue weighted by Crippen LogP contribution is -2.14. The third-order valence-corrected chi connectivity index (χ3v) is 4.80. The summed E-state index contributed by atoms with van der Waals surface area (Å²) in [6.07, 6.45) is 0. The molecular weight excluding hydrogens is 398 g/mol. The van der Waals surface area contributed by atoms with E-state index < -0.39 is 10.8 Å². The van der Waals surface area contributed by atoms with Crippen molar-refractivity contribution in [1.82, 2.24) is 4.98 Å². The van der Waals surface area contributed by atoms with Crippen LogP contribution in [-0.2, 0) is 0 Å². The molecule has 0 unspecified atom stereocenters. The van der Waals surface area contributed by atoms with Gasteiger partial charge in [0, 0.05) is 28.4 Å². The van der Waals surface area contributed by atoms with E-state index in [9.17, 15) is 14.9 Å². The van der Waals surface area contributed by atoms with Gasteiger partial charge in [-0.3, -0.25) is 14.9 Å². The maximum atomic E-state index is 12.7. The minimum atomic E-state index is -0.504. The molecule has 0 aliphatic carbocycles. The van der Waals surface area contributed by atoms with Gasteiger partial charge in [-0.15, -0.1) is 0 Å². The predicted octanol–water partition coefficient (Wildman–Crippen LogP) is 5.36. The van der Waals surface area contributed by atoms with Crippen molar-refractivity contribution in [1.29, 1.82) is 0 Å². The van der Waals surface area contributed by atoms with Crippen LogP contribution in [0.5, 0.6) is 5.75 Å². The van der Waals surface area contributed by atoms with Crippen molar-refractivity contribution in [3.63, 3.8) is 0 Å². The van der Waals surface area contributed by atoms with Crippen molar-refractivity contribution in [3.05, 3.63) is 81.9 Å². The van der Waals surface area contributed by atoms with Crippen LogP contribution in [0.25, 0.3) is 22.6 Å². The third-order valence-electron chi connectivity index (χ3n) is 4.80. The van der Waals surface area contributed by atoms with Gasteiger partial charge in [-0.05, 0) is 62.4 Å². The summed E-state index contributed by atoms with van der Waals surface area (Å²) in [7, 11) is 0. The lowest BCUT2D eigenvalue weighted by Gasteiger charge is -2.07. The van der Waals surface area contributed by atoms with Crippen LogP contribution in [0, 0.1) is 17.0 Å². The van der Waals surface area contributed by atoms with Gasteiger partial charge in [-0.25, -0.2) is 4.98 Å². The van der Waals surface area contributed by atoms with E-state index in [2.05, 4.69) is 10.3 Å². The molecule has 31 heavy (non-hydrogen) atoms. The highest BCUT2D eigenvalue weighted by Crippen LogP contribution is 2.28. The first kappa shape index (κ1) is 20.1. The smallest absolute Gasteiger partial charge is 0.273 e. The summed E-state index contributed by atoms with van der Waals surface area (Å²) in [5.41, 5.74) is 2.92. The number of oxazole rings is 1. The molecule has 0 saturated carbocycles. The van der Waals surface area contributed by atoms with E-state index in [1.807, 2.05) is 31.2 Å². The average molecular weight is 417 g/mol. The summed E-state index contributed by atoms with van der Waals surface area (Å²) in [6.45, 7) is 4.06. The molecule has 8 heteroatoms. The number of ether oxygens (including phenoxy) is 1. The van der Waals surface area contributed by atoms with E-state index in [1.54, 1.807) is 31.2 Å². The van der Waals surface area contributed by atoms with Crippen molar-refractivity contribution in [2.75, 3.05) is 11.9 Å². The van der Waals surface area contributed by atoms with E-state index in [0.717, 1.165) is 11.3 Å². The number of carbonyl (C=O) groups is 1. The Morgan fingerprint density at radius 1 is 1.16 bits per heavy atom. The first-order valence-corrected chi connectivity index (χ1v) is 9.65. The van der Waals surface area contributed by atoms with Crippen LogP contribution >= 0.6 is 0 Å². The van der Waals surface area contributed by atoms with Crippen LogP contribution in [-0.4, -0.2) is 22.4 Å². The fourth-order valence-corrected chi connectivity index (χ4v) is 3.25. The highest BCUT2D eigenvalue weighted by molar-refractivity contribution is 6.06. The largest absolute Gasteiger partial charge is 0.494 e. The van der Waals surface area contributed by atoms with Crippen LogP contribution in [0.15, 0.2) is 65.1 Å². The van der Waals surface area contributed by atoms with E-state index in [4.69, 9.17) is 9.15 Å². The first-order valence-electron chi connectivity index (χ1n) is 9.65. The van der Waals surface area contributed by atoms with Gasteiger partial charge in [0.15, 0.2) is 5.58 Å². The van der Waals surface area contributed by atoms with Crippen LogP contribution in [0.1, 0.15) is 22.8 Å². The number of amides is 1. The van der Waals surface area contributed by atoms with Gasteiger partial charge in [0.2, 0.25) is 5.89 Å². The normalized spacial score (nSPS) is 10.8. The Bertz CT molecular complexity index is 1280. The molecule has 0 aliphatic heterocycles.